The van der Waals surface area contributed by atoms with Gasteiger partial charge in [-0.05, 0) is 61.1 Å². The van der Waals surface area contributed by atoms with E-state index in [2.05, 4.69) is 46.1 Å². The average molecular weight is 366 g/mol. The van der Waals surface area contributed by atoms with Gasteiger partial charge in [0.1, 0.15) is 17.7 Å². The molecular formula is C17H14N6S2. The van der Waals surface area contributed by atoms with Gasteiger partial charge in [-0.1, -0.05) is 6.07 Å². The molecule has 0 unspecified atom stereocenters. The highest BCUT2D eigenvalue weighted by atomic mass is 32.1. The molecule has 0 aliphatic carbocycles. The van der Waals surface area contributed by atoms with Crippen LogP contribution in [0.15, 0.2) is 55.1 Å². The number of hydrogen-bond donors (Lipinski definition) is 2. The van der Waals surface area contributed by atoms with Crippen LogP contribution in [0.4, 0.5) is 5.69 Å². The minimum atomic E-state index is 0.461. The summed E-state index contributed by atoms with van der Waals surface area (Å²) in [5, 5.41) is 12.0. The fourth-order valence-corrected chi connectivity index (χ4v) is 3.68. The fourth-order valence-electron chi connectivity index (χ4n) is 2.39. The molecule has 2 aromatic carbocycles. The number of anilines is 1. The number of benzene rings is 2. The number of thiazole rings is 1. The molecule has 8 heteroatoms. The minimum Gasteiger partial charge on any atom is -0.331 e. The highest BCUT2D eigenvalue weighted by Crippen LogP contribution is 2.31. The monoisotopic (exact) mass is 366 g/mol. The van der Waals surface area contributed by atoms with E-state index in [1.165, 1.54) is 22.9 Å². The third-order valence-electron chi connectivity index (χ3n) is 3.58. The molecule has 0 aliphatic heterocycles. The van der Waals surface area contributed by atoms with Gasteiger partial charge >= 0.3 is 0 Å². The lowest BCUT2D eigenvalue weighted by Gasteiger charge is -2.10. The number of aryl methyl sites for hydroxylation is 1. The van der Waals surface area contributed by atoms with Crippen molar-refractivity contribution in [2.45, 2.75) is 6.92 Å². The number of hydrogen-bond acceptors (Lipinski definition) is 5. The van der Waals surface area contributed by atoms with Crippen LogP contribution in [-0.4, -0.2) is 25.0 Å². The summed E-state index contributed by atoms with van der Waals surface area (Å²) in [5.74, 6) is 0. The minimum absolute atomic E-state index is 0.461. The van der Waals surface area contributed by atoms with Crippen LogP contribution in [0.25, 0.3) is 20.8 Å². The third kappa shape index (κ3) is 3.49. The Labute approximate surface area is 153 Å². The lowest BCUT2D eigenvalue weighted by Crippen LogP contribution is -2.26. The van der Waals surface area contributed by atoms with Gasteiger partial charge in [0.2, 0.25) is 0 Å². The molecule has 0 saturated carbocycles. The van der Waals surface area contributed by atoms with E-state index in [9.17, 15) is 0 Å². The fraction of sp³-hybridized carbons (Fsp3) is 0.0588. The first kappa shape index (κ1) is 15.7. The van der Waals surface area contributed by atoms with Crippen molar-refractivity contribution in [1.82, 2.24) is 19.9 Å². The van der Waals surface area contributed by atoms with Crippen LogP contribution in [0.2, 0.25) is 0 Å². The van der Waals surface area contributed by atoms with Crippen molar-refractivity contribution in [1.29, 1.82) is 0 Å². The molecule has 0 bridgehead atoms. The van der Waals surface area contributed by atoms with Crippen molar-refractivity contribution in [2.75, 3.05) is 10.7 Å². The number of rotatable bonds is 3. The molecule has 2 N–H and O–H groups in total. The average Bonchev–Trinajstić information content (AvgIpc) is 3.24. The first-order valence-corrected chi connectivity index (χ1v) is 8.80. The van der Waals surface area contributed by atoms with Crippen LogP contribution in [0.1, 0.15) is 5.56 Å². The predicted octanol–water partition coefficient (Wildman–Crippen LogP) is 3.80. The van der Waals surface area contributed by atoms with E-state index >= 15 is 0 Å². The maximum absolute atomic E-state index is 5.26. The van der Waals surface area contributed by atoms with E-state index < -0.39 is 0 Å². The van der Waals surface area contributed by atoms with Crippen LogP contribution in [0, 0.1) is 6.92 Å². The Morgan fingerprint density at radius 2 is 1.84 bits per heavy atom. The smallest absolute Gasteiger partial charge is 0.190 e. The molecule has 25 heavy (non-hydrogen) atoms. The van der Waals surface area contributed by atoms with Crippen LogP contribution in [-0.2, 0) is 0 Å². The Morgan fingerprint density at radius 1 is 1.08 bits per heavy atom. The highest BCUT2D eigenvalue weighted by molar-refractivity contribution is 7.80. The zero-order valence-corrected chi connectivity index (χ0v) is 14.9. The van der Waals surface area contributed by atoms with Crippen molar-refractivity contribution in [2.24, 2.45) is 0 Å². The largest absolute Gasteiger partial charge is 0.331 e. The van der Waals surface area contributed by atoms with Crippen LogP contribution >= 0.6 is 23.6 Å². The molecule has 0 radical (unpaired) electrons. The van der Waals surface area contributed by atoms with E-state index in [4.69, 9.17) is 17.2 Å². The predicted molar refractivity (Wildman–Crippen MR) is 105 cm³/mol. The molecule has 2 heterocycles. The van der Waals surface area contributed by atoms with Gasteiger partial charge in [0.05, 0.1) is 10.2 Å². The molecule has 4 aromatic rings. The molecule has 0 saturated heterocycles. The van der Waals surface area contributed by atoms with Crippen LogP contribution in [0.3, 0.4) is 0 Å². The van der Waals surface area contributed by atoms with Crippen molar-refractivity contribution < 1.29 is 0 Å². The summed E-state index contributed by atoms with van der Waals surface area (Å²) < 4.78 is 2.78. The second-order valence-electron chi connectivity index (χ2n) is 5.50. The number of fused-ring (bicyclic) bond motifs is 1. The van der Waals surface area contributed by atoms with Crippen molar-refractivity contribution >= 4 is 44.6 Å². The van der Waals surface area contributed by atoms with Gasteiger partial charge in [-0.25, -0.2) is 9.66 Å². The number of nitrogens with one attached hydrogen (secondary N) is 2. The summed E-state index contributed by atoms with van der Waals surface area (Å²) in [6, 6.07) is 14.3. The van der Waals surface area contributed by atoms with Gasteiger partial charge in [0.15, 0.2) is 5.11 Å². The normalized spacial score (nSPS) is 10.8. The summed E-state index contributed by atoms with van der Waals surface area (Å²) in [6.07, 6.45) is 3.07. The number of nitrogens with zero attached hydrogens (tertiary/aromatic N) is 4. The third-order valence-corrected chi connectivity index (χ3v) is 4.84. The quantitative estimate of drug-likeness (QED) is 0.538. The standard InChI is InChI=1S/C17H14N6S2/c1-11-2-7-14-15(8-11)25-16(21-14)12-3-5-13(6-4-12)20-17(24)22-23-9-18-19-10-23/h2-10H,1H3,(H2,20,22,24). The Bertz CT molecular complexity index is 1020. The number of aromatic nitrogens is 4. The summed E-state index contributed by atoms with van der Waals surface area (Å²) in [5.41, 5.74) is 7.20. The first-order chi connectivity index (χ1) is 12.2. The Morgan fingerprint density at radius 3 is 2.60 bits per heavy atom. The van der Waals surface area contributed by atoms with E-state index in [1.807, 2.05) is 24.3 Å². The maximum atomic E-state index is 5.26. The van der Waals surface area contributed by atoms with Crippen LogP contribution in [0.5, 0.6) is 0 Å². The van der Waals surface area contributed by atoms with Gasteiger partial charge in [0, 0.05) is 11.3 Å². The molecule has 0 amide bonds. The maximum Gasteiger partial charge on any atom is 0.190 e. The Balaban J connectivity index is 1.50. The summed E-state index contributed by atoms with van der Waals surface area (Å²) in [7, 11) is 0. The molecular weight excluding hydrogens is 352 g/mol. The molecule has 124 valence electrons. The SMILES string of the molecule is Cc1ccc2nc(-c3ccc(NC(=S)Nn4cnnc4)cc3)sc2c1. The molecule has 0 aliphatic rings. The molecule has 2 aromatic heterocycles. The van der Waals surface area contributed by atoms with Crippen molar-refractivity contribution in [3.05, 3.63) is 60.7 Å². The summed E-state index contributed by atoms with van der Waals surface area (Å²) in [4.78, 5) is 4.71. The Hall–Kier alpha value is -2.84. The second-order valence-corrected chi connectivity index (χ2v) is 6.94. The van der Waals surface area contributed by atoms with Crippen molar-refractivity contribution in [3.8, 4) is 10.6 Å². The lowest BCUT2D eigenvalue weighted by atomic mass is 10.2. The zero-order valence-electron chi connectivity index (χ0n) is 13.3. The van der Waals surface area contributed by atoms with E-state index in [0.29, 0.717) is 5.11 Å². The highest BCUT2D eigenvalue weighted by Gasteiger charge is 2.07. The molecule has 4 rings (SSSR count). The van der Waals surface area contributed by atoms with Gasteiger partial charge in [-0.3, -0.25) is 5.43 Å². The Kier molecular flexibility index (Phi) is 4.12. The van der Waals surface area contributed by atoms with E-state index in [1.54, 1.807) is 16.0 Å². The van der Waals surface area contributed by atoms with Gasteiger partial charge in [0.25, 0.3) is 0 Å². The summed E-state index contributed by atoms with van der Waals surface area (Å²) in [6.45, 7) is 2.09. The first-order valence-electron chi connectivity index (χ1n) is 7.58. The molecule has 0 fully saturated rings. The van der Waals surface area contributed by atoms with Crippen molar-refractivity contribution in [3.63, 3.8) is 0 Å². The van der Waals surface area contributed by atoms with Gasteiger partial charge < -0.3 is 5.32 Å². The lowest BCUT2D eigenvalue weighted by molar-refractivity contribution is 0.974. The molecule has 0 spiro atoms. The van der Waals surface area contributed by atoms with Crippen LogP contribution < -0.4 is 10.7 Å². The molecule has 0 atom stereocenters. The summed E-state index contributed by atoms with van der Waals surface area (Å²) >= 11 is 6.96. The topological polar surface area (TPSA) is 67.7 Å². The second kappa shape index (κ2) is 6.58. The van der Waals surface area contributed by atoms with Gasteiger partial charge in [-0.15, -0.1) is 21.5 Å². The zero-order chi connectivity index (χ0) is 17.2. The number of thiocarbonyl (C=S) groups is 1. The van der Waals surface area contributed by atoms with E-state index in [-0.39, 0.29) is 0 Å². The van der Waals surface area contributed by atoms with Gasteiger partial charge in [-0.2, -0.15) is 0 Å². The van der Waals surface area contributed by atoms with E-state index in [0.717, 1.165) is 21.8 Å². The molecule has 6 nitrogen and oxygen atoms in total.